The maximum absolute atomic E-state index is 7.56. The van der Waals surface area contributed by atoms with E-state index in [0.29, 0.717) is 0 Å². The first-order chi connectivity index (χ1) is 8.36. The minimum absolute atomic E-state index is 0. The molecule has 0 unspecified atom stereocenters. The van der Waals surface area contributed by atoms with E-state index < -0.39 is 10.3 Å². The predicted octanol–water partition coefficient (Wildman–Crippen LogP) is 3.04. The lowest BCUT2D eigenvalue weighted by molar-refractivity contribution is 0.0198. The van der Waals surface area contributed by atoms with Crippen LogP contribution in [-0.4, -0.2) is 20.6 Å². The third-order valence-electron chi connectivity index (χ3n) is 4.00. The van der Waals surface area contributed by atoms with E-state index in [4.69, 9.17) is 10.2 Å². The smallest absolute Gasteiger partial charge is 0.251 e. The van der Waals surface area contributed by atoms with Crippen LogP contribution in [0.3, 0.4) is 0 Å². The lowest BCUT2D eigenvalue weighted by atomic mass is 9.56. The Kier molecular flexibility index (Phi) is 8.25. The molecule has 112 valence electrons. The van der Waals surface area contributed by atoms with Gasteiger partial charge in [0.15, 0.2) is 0 Å². The van der Waals surface area contributed by atoms with Crippen LogP contribution >= 0.6 is 24.4 Å². The van der Waals surface area contributed by atoms with Crippen molar-refractivity contribution in [2.24, 2.45) is 35.1 Å². The molecular weight excluding hydrogens is 280 g/mol. The highest BCUT2D eigenvalue weighted by Crippen LogP contribution is 2.53. The van der Waals surface area contributed by atoms with Crippen molar-refractivity contribution in [2.45, 2.75) is 46.0 Å². The maximum atomic E-state index is 7.56. The minimum Gasteiger partial charge on any atom is -0.487 e. The zero-order chi connectivity index (χ0) is 13.7. The van der Waals surface area contributed by atoms with E-state index in [-0.39, 0.29) is 7.43 Å². The summed E-state index contributed by atoms with van der Waals surface area (Å²) < 4.78 is 0. The minimum atomic E-state index is -0.500. The molecule has 0 aromatic heterocycles. The Hall–Kier alpha value is -0.620. The summed E-state index contributed by atoms with van der Waals surface area (Å²) in [4.78, 5) is 0. The highest BCUT2D eigenvalue weighted by atomic mass is 32.1. The SMILES string of the molecule is C.C1C2CC3CC1CC(C2)C3.NC(O)=S.NC(O)=S. The molecule has 6 N–H and O–H groups in total. The van der Waals surface area contributed by atoms with Gasteiger partial charge in [-0.25, -0.2) is 0 Å². The van der Waals surface area contributed by atoms with E-state index in [0.717, 1.165) is 0 Å². The lowest BCUT2D eigenvalue weighted by Crippen LogP contribution is -2.38. The average molecular weight is 306 g/mol. The van der Waals surface area contributed by atoms with E-state index >= 15 is 0 Å². The molecule has 0 radical (unpaired) electrons. The molecule has 4 rings (SSSR count). The Morgan fingerprint density at radius 2 is 0.789 bits per heavy atom. The van der Waals surface area contributed by atoms with E-state index in [9.17, 15) is 0 Å². The second-order valence-corrected chi connectivity index (χ2v) is 6.39. The van der Waals surface area contributed by atoms with Gasteiger partial charge in [-0.05, 0) is 86.6 Å². The van der Waals surface area contributed by atoms with Gasteiger partial charge in [-0.1, -0.05) is 7.43 Å². The summed E-state index contributed by atoms with van der Waals surface area (Å²) in [5.41, 5.74) is 8.80. The van der Waals surface area contributed by atoms with Crippen LogP contribution in [-0.2, 0) is 0 Å². The van der Waals surface area contributed by atoms with Crippen LogP contribution < -0.4 is 11.5 Å². The third kappa shape index (κ3) is 7.52. The molecule has 0 amide bonds. The van der Waals surface area contributed by atoms with E-state index in [1.54, 1.807) is 38.5 Å². The quantitative estimate of drug-likeness (QED) is 0.514. The van der Waals surface area contributed by atoms with Crippen molar-refractivity contribution in [3.63, 3.8) is 0 Å². The molecule has 0 aliphatic heterocycles. The van der Waals surface area contributed by atoms with Gasteiger partial charge in [0.05, 0.1) is 0 Å². The number of thiocarbonyl (C=S) groups is 2. The fourth-order valence-corrected chi connectivity index (χ4v) is 3.98. The van der Waals surface area contributed by atoms with Crippen LogP contribution in [0.1, 0.15) is 46.0 Å². The summed E-state index contributed by atoms with van der Waals surface area (Å²) in [7, 11) is 0. The zero-order valence-electron chi connectivity index (χ0n) is 10.4. The number of hydrogen-bond acceptors (Lipinski definition) is 2. The Balaban J connectivity index is 0.000000312. The summed E-state index contributed by atoms with van der Waals surface area (Å²) >= 11 is 7.74. The zero-order valence-corrected chi connectivity index (χ0v) is 12.1. The number of aliphatic hydroxyl groups is 2. The van der Waals surface area contributed by atoms with Crippen molar-refractivity contribution in [2.75, 3.05) is 0 Å². The van der Waals surface area contributed by atoms with Gasteiger partial charge in [-0.15, -0.1) is 0 Å². The molecule has 4 aliphatic carbocycles. The second kappa shape index (κ2) is 8.53. The maximum Gasteiger partial charge on any atom is 0.251 e. The molecule has 19 heavy (non-hydrogen) atoms. The molecule has 4 aliphatic rings. The van der Waals surface area contributed by atoms with Gasteiger partial charge in [0.25, 0.3) is 10.3 Å². The fourth-order valence-electron chi connectivity index (χ4n) is 3.98. The first kappa shape index (κ1) is 18.4. The van der Waals surface area contributed by atoms with Gasteiger partial charge >= 0.3 is 0 Å². The molecular formula is C13H26N2O2S2. The van der Waals surface area contributed by atoms with E-state index in [1.807, 2.05) is 0 Å². The van der Waals surface area contributed by atoms with Gasteiger partial charge in [-0.2, -0.15) is 0 Å². The molecule has 0 aromatic rings. The summed E-state index contributed by atoms with van der Waals surface area (Å²) in [6.45, 7) is 0. The molecule has 0 spiro atoms. The van der Waals surface area contributed by atoms with Gasteiger partial charge in [0.1, 0.15) is 0 Å². The number of aliphatic hydroxyl groups excluding tert-OH is 2. The van der Waals surface area contributed by atoms with Crippen LogP contribution in [0.2, 0.25) is 0 Å². The van der Waals surface area contributed by atoms with Gasteiger partial charge in [0, 0.05) is 0 Å². The molecule has 0 atom stereocenters. The number of rotatable bonds is 0. The summed E-state index contributed by atoms with van der Waals surface area (Å²) in [6, 6.07) is 0. The first-order valence-corrected chi connectivity index (χ1v) is 7.15. The molecule has 4 bridgehead atoms. The molecule has 0 heterocycles. The molecule has 4 fully saturated rings. The summed E-state index contributed by atoms with van der Waals surface area (Å²) in [6.07, 6.45) is 9.62. The van der Waals surface area contributed by atoms with Gasteiger partial charge in [-0.3, -0.25) is 0 Å². The van der Waals surface area contributed by atoms with Gasteiger partial charge < -0.3 is 21.7 Å². The monoisotopic (exact) mass is 306 g/mol. The largest absolute Gasteiger partial charge is 0.487 e. The lowest BCUT2D eigenvalue weighted by Gasteiger charge is -2.49. The molecule has 6 heteroatoms. The van der Waals surface area contributed by atoms with Crippen molar-refractivity contribution in [3.8, 4) is 0 Å². The van der Waals surface area contributed by atoms with Crippen molar-refractivity contribution < 1.29 is 10.2 Å². The molecule has 4 saturated carbocycles. The average Bonchev–Trinajstić information content (AvgIpc) is 2.12. The normalized spacial score (nSPS) is 32.8. The van der Waals surface area contributed by atoms with Crippen LogP contribution in [0, 0.1) is 23.7 Å². The molecule has 0 saturated heterocycles. The highest BCUT2D eigenvalue weighted by molar-refractivity contribution is 7.80. The standard InChI is InChI=1S/C10H16.2CH3NOS.CH4/c1-7-2-9-4-8(1)5-10(3-7)6-9;2*2-1(3)4;/h7-10H,1-6H2;2*(H3,2,3,4);1H4. The van der Waals surface area contributed by atoms with Crippen molar-refractivity contribution in [1.82, 2.24) is 0 Å². The Labute approximate surface area is 126 Å². The topological polar surface area (TPSA) is 92.5 Å². The van der Waals surface area contributed by atoms with Crippen LogP contribution in [0.5, 0.6) is 0 Å². The second-order valence-electron chi connectivity index (χ2n) is 5.55. The van der Waals surface area contributed by atoms with Crippen LogP contribution in [0.25, 0.3) is 0 Å². The third-order valence-corrected chi connectivity index (χ3v) is 4.00. The first-order valence-electron chi connectivity index (χ1n) is 6.33. The summed E-state index contributed by atoms with van der Waals surface area (Å²) in [5, 5.41) is 14.1. The van der Waals surface area contributed by atoms with Gasteiger partial charge in [0.2, 0.25) is 0 Å². The van der Waals surface area contributed by atoms with E-state index in [2.05, 4.69) is 35.9 Å². The number of hydrogen-bond donors (Lipinski definition) is 4. The predicted molar refractivity (Wildman–Crippen MR) is 87.2 cm³/mol. The van der Waals surface area contributed by atoms with Crippen molar-refractivity contribution >= 4 is 34.8 Å². The van der Waals surface area contributed by atoms with Crippen LogP contribution in [0.15, 0.2) is 0 Å². The van der Waals surface area contributed by atoms with Crippen LogP contribution in [0.4, 0.5) is 0 Å². The molecule has 0 aromatic carbocycles. The Morgan fingerprint density at radius 1 is 0.684 bits per heavy atom. The van der Waals surface area contributed by atoms with E-state index in [1.165, 1.54) is 23.7 Å². The summed E-state index contributed by atoms with van der Waals surface area (Å²) in [5.74, 6) is 4.71. The fraction of sp³-hybridized carbons (Fsp3) is 0.846. The van der Waals surface area contributed by atoms with Crippen molar-refractivity contribution in [3.05, 3.63) is 0 Å². The number of nitrogens with two attached hydrogens (primary N) is 2. The Morgan fingerprint density at radius 3 is 0.895 bits per heavy atom. The van der Waals surface area contributed by atoms with Crippen molar-refractivity contribution in [1.29, 1.82) is 0 Å². The molecule has 4 nitrogen and oxygen atoms in total. The Bertz CT molecular complexity index is 234. The highest BCUT2D eigenvalue weighted by Gasteiger charge is 2.41.